The molecular weight excluding hydrogens is 636 g/mol. The highest BCUT2D eigenvalue weighted by Gasteiger charge is 2.20. The molecule has 47 heavy (non-hydrogen) atoms. The van der Waals surface area contributed by atoms with E-state index < -0.39 is 130 Å². The molecule has 3 N–H and O–H groups in total. The van der Waals surface area contributed by atoms with Crippen molar-refractivity contribution in [2.45, 2.75) is 65.5 Å². The molecule has 2 aromatic heterocycles. The summed E-state index contributed by atoms with van der Waals surface area (Å²) in [7, 11) is 1.09. The van der Waals surface area contributed by atoms with E-state index in [4.69, 9.17) is 14.6 Å². The summed E-state index contributed by atoms with van der Waals surface area (Å²) in [5, 5.41) is 27.4. The number of carbonyl (C=O) groups excluding carboxylic acids is 3. The number of aromatic nitrogens is 6. The van der Waals surface area contributed by atoms with Crippen LogP contribution in [-0.4, -0.2) is 101 Å². The molecule has 0 aliphatic heterocycles. The molecule has 1 unspecified atom stereocenters. The minimum atomic E-state index is -1.17. The summed E-state index contributed by atoms with van der Waals surface area (Å²) in [6, 6.07) is 0. The summed E-state index contributed by atoms with van der Waals surface area (Å²) in [6.45, 7) is -3.56. The molecule has 0 fully saturated rings. The van der Waals surface area contributed by atoms with Crippen LogP contribution in [0.2, 0.25) is 0 Å². The summed E-state index contributed by atoms with van der Waals surface area (Å²) in [4.78, 5) is 113. The normalized spacial score (nSPS) is 11.7. The van der Waals surface area contributed by atoms with Gasteiger partial charge in [-0.25, -0.2) is 56.2 Å². The third-order valence-corrected chi connectivity index (χ3v) is 6.68. The van der Waals surface area contributed by atoms with Gasteiger partial charge in [-0.05, 0) is 0 Å². The Morgan fingerprint density at radius 1 is 0.553 bits per heavy atom. The fourth-order valence-corrected chi connectivity index (χ4v) is 4.11. The maximum absolute atomic E-state index is 13.1. The second-order valence-electron chi connectivity index (χ2n) is 10.1. The van der Waals surface area contributed by atoms with Crippen LogP contribution in [0.15, 0.2) is 28.8 Å². The van der Waals surface area contributed by atoms with Crippen LogP contribution >= 0.6 is 0 Å². The first-order valence-electron chi connectivity index (χ1n) is 14.4. The first-order valence-corrected chi connectivity index (χ1v) is 14.4. The summed E-state index contributed by atoms with van der Waals surface area (Å²) >= 11 is 0. The minimum Gasteiger partial charge on any atom is -0.469 e. The van der Waals surface area contributed by atoms with Crippen molar-refractivity contribution in [3.63, 3.8) is 0 Å². The standard InChI is InChI=1S/C26H38N6O15/c1-17(15-35)16-47-20(38)5-8-29-22(40)27(6-3-18(36)45-2)21(39)28(23(29)41)7-4-19(37)46-14-11-32-25(43)30(9-12-33)24(42)31(10-13-34)26(32)44/h17,33-35H,3-16H2,1-2H3. The summed E-state index contributed by atoms with van der Waals surface area (Å²) in [5.74, 6) is -2.91. The van der Waals surface area contributed by atoms with E-state index in [1.54, 1.807) is 6.92 Å². The van der Waals surface area contributed by atoms with Gasteiger partial charge in [-0.1, -0.05) is 6.92 Å². The first kappa shape index (κ1) is 38.3. The van der Waals surface area contributed by atoms with Gasteiger partial charge < -0.3 is 29.5 Å². The number of ether oxygens (including phenoxy) is 3. The lowest BCUT2D eigenvalue weighted by Gasteiger charge is -2.14. The Bertz CT molecular complexity index is 1730. The van der Waals surface area contributed by atoms with E-state index in [0.29, 0.717) is 27.4 Å². The molecule has 0 aliphatic carbocycles. The molecular formula is C26H38N6O15. The molecule has 0 bridgehead atoms. The Morgan fingerprint density at radius 3 is 1.26 bits per heavy atom. The molecule has 262 valence electrons. The SMILES string of the molecule is COC(=O)CCn1c(=O)n(CCC(=O)OCCn2c(=O)n(CCO)c(=O)n(CCO)c2=O)c(=O)n(CCC(=O)OCC(C)CO)c1=O. The zero-order valence-corrected chi connectivity index (χ0v) is 25.9. The van der Waals surface area contributed by atoms with Crippen LogP contribution in [0.25, 0.3) is 0 Å². The third-order valence-electron chi connectivity index (χ3n) is 6.68. The molecule has 0 saturated heterocycles. The third kappa shape index (κ3) is 10.0. The van der Waals surface area contributed by atoms with Gasteiger partial charge in [0.1, 0.15) is 6.61 Å². The Kier molecular flexibility index (Phi) is 14.9. The summed E-state index contributed by atoms with van der Waals surface area (Å²) in [6.07, 6.45) is -1.49. The number of nitrogens with zero attached hydrogens (tertiary/aromatic N) is 6. The number of hydrogen-bond acceptors (Lipinski definition) is 15. The van der Waals surface area contributed by atoms with Crippen molar-refractivity contribution in [3.05, 3.63) is 62.9 Å². The molecule has 0 radical (unpaired) electrons. The van der Waals surface area contributed by atoms with Crippen molar-refractivity contribution in [3.8, 4) is 0 Å². The lowest BCUT2D eigenvalue weighted by atomic mass is 10.2. The smallest absolute Gasteiger partial charge is 0.336 e. The summed E-state index contributed by atoms with van der Waals surface area (Å²) in [5.41, 5.74) is -6.68. The molecule has 1 atom stereocenters. The second-order valence-corrected chi connectivity index (χ2v) is 10.1. The number of aliphatic hydroxyl groups excluding tert-OH is 3. The Labute approximate surface area is 264 Å². The van der Waals surface area contributed by atoms with Gasteiger partial charge >= 0.3 is 52.0 Å². The van der Waals surface area contributed by atoms with Crippen LogP contribution in [-0.2, 0) is 67.9 Å². The van der Waals surface area contributed by atoms with Crippen LogP contribution in [0.1, 0.15) is 26.2 Å². The quantitative estimate of drug-likeness (QED) is 0.0926. The van der Waals surface area contributed by atoms with Crippen molar-refractivity contribution >= 4 is 17.9 Å². The van der Waals surface area contributed by atoms with Gasteiger partial charge in [-0.3, -0.25) is 14.4 Å². The fourth-order valence-electron chi connectivity index (χ4n) is 4.11. The molecule has 0 saturated carbocycles. The number of carbonyl (C=O) groups is 3. The number of aliphatic hydroxyl groups is 3. The lowest BCUT2D eigenvalue weighted by Crippen LogP contribution is -2.55. The number of methoxy groups -OCH3 is 1. The van der Waals surface area contributed by atoms with E-state index in [9.17, 15) is 53.4 Å². The highest BCUT2D eigenvalue weighted by Crippen LogP contribution is 1.97. The van der Waals surface area contributed by atoms with Crippen LogP contribution in [0.5, 0.6) is 0 Å². The van der Waals surface area contributed by atoms with Gasteiger partial charge in [-0.2, -0.15) is 0 Å². The highest BCUT2D eigenvalue weighted by atomic mass is 16.5. The van der Waals surface area contributed by atoms with E-state index in [-0.39, 0.29) is 19.1 Å². The topological polar surface area (TPSA) is 272 Å². The van der Waals surface area contributed by atoms with Crippen molar-refractivity contribution in [1.82, 2.24) is 27.4 Å². The average molecular weight is 675 g/mol. The first-order chi connectivity index (χ1) is 22.3. The molecule has 21 nitrogen and oxygen atoms in total. The van der Waals surface area contributed by atoms with Gasteiger partial charge in [0.2, 0.25) is 0 Å². The highest BCUT2D eigenvalue weighted by molar-refractivity contribution is 5.69. The maximum Gasteiger partial charge on any atom is 0.336 e. The molecule has 21 heteroatoms. The van der Waals surface area contributed by atoms with Gasteiger partial charge in [-0.15, -0.1) is 0 Å². The number of rotatable bonds is 19. The van der Waals surface area contributed by atoms with E-state index in [1.807, 2.05) is 0 Å². The molecule has 2 rings (SSSR count). The molecule has 0 aliphatic rings. The Hall–Kier alpha value is -4.89. The predicted molar refractivity (Wildman–Crippen MR) is 157 cm³/mol. The van der Waals surface area contributed by atoms with Crippen molar-refractivity contribution in [1.29, 1.82) is 0 Å². The van der Waals surface area contributed by atoms with Gasteiger partial charge in [0, 0.05) is 32.2 Å². The predicted octanol–water partition coefficient (Wildman–Crippen LogP) is -5.60. The lowest BCUT2D eigenvalue weighted by molar-refractivity contribution is -0.145. The van der Waals surface area contributed by atoms with Gasteiger partial charge in [0.05, 0.1) is 65.8 Å². The molecule has 2 aromatic rings. The summed E-state index contributed by atoms with van der Waals surface area (Å²) < 4.78 is 17.9. The van der Waals surface area contributed by atoms with E-state index >= 15 is 0 Å². The molecule has 0 spiro atoms. The van der Waals surface area contributed by atoms with Crippen LogP contribution < -0.4 is 34.1 Å². The largest absolute Gasteiger partial charge is 0.469 e. The van der Waals surface area contributed by atoms with Crippen molar-refractivity contribution in [2.24, 2.45) is 5.92 Å². The van der Waals surface area contributed by atoms with Crippen molar-refractivity contribution in [2.75, 3.05) is 40.1 Å². The maximum atomic E-state index is 13.1. The fraction of sp³-hybridized carbons (Fsp3) is 0.654. The second kappa shape index (κ2) is 18.3. The average Bonchev–Trinajstić information content (AvgIpc) is 3.04. The Morgan fingerprint density at radius 2 is 0.894 bits per heavy atom. The zero-order chi connectivity index (χ0) is 35.3. The monoisotopic (exact) mass is 674 g/mol. The van der Waals surface area contributed by atoms with Crippen LogP contribution in [0, 0.1) is 5.92 Å². The molecule has 0 aromatic carbocycles. The van der Waals surface area contributed by atoms with Gasteiger partial charge in [0.25, 0.3) is 0 Å². The van der Waals surface area contributed by atoms with Crippen LogP contribution in [0.3, 0.4) is 0 Å². The van der Waals surface area contributed by atoms with Crippen LogP contribution in [0.4, 0.5) is 0 Å². The number of esters is 3. The van der Waals surface area contributed by atoms with Gasteiger partial charge in [0.15, 0.2) is 0 Å². The minimum absolute atomic E-state index is 0.116. The molecule has 2 heterocycles. The van der Waals surface area contributed by atoms with E-state index in [0.717, 1.165) is 7.11 Å². The zero-order valence-electron chi connectivity index (χ0n) is 25.9. The van der Waals surface area contributed by atoms with E-state index in [2.05, 4.69) is 4.74 Å². The molecule has 0 amide bonds. The van der Waals surface area contributed by atoms with Crippen molar-refractivity contribution < 1.29 is 43.9 Å². The van der Waals surface area contributed by atoms with E-state index in [1.165, 1.54) is 0 Å². The number of hydrogen-bond donors (Lipinski definition) is 3. The Balaban J connectivity index is 2.26.